The molecule has 0 N–H and O–H groups in total. The Balaban J connectivity index is 2.56. The van der Waals surface area contributed by atoms with Crippen LogP contribution in [0.4, 0.5) is 8.78 Å². The Morgan fingerprint density at radius 2 is 1.95 bits per heavy atom. The lowest BCUT2D eigenvalue weighted by Gasteiger charge is -2.19. The van der Waals surface area contributed by atoms with Gasteiger partial charge in [0.15, 0.2) is 11.6 Å². The van der Waals surface area contributed by atoms with Gasteiger partial charge in [-0.25, -0.2) is 8.78 Å². The quantitative estimate of drug-likeness (QED) is 0.750. The highest BCUT2D eigenvalue weighted by Crippen LogP contribution is 2.11. The Hall–Kier alpha value is -1.98. The van der Waals surface area contributed by atoms with E-state index < -0.39 is 17.6 Å². The van der Waals surface area contributed by atoms with Crippen molar-refractivity contribution >= 4 is 11.9 Å². The van der Waals surface area contributed by atoms with Gasteiger partial charge in [-0.05, 0) is 31.0 Å². The minimum atomic E-state index is -0.933. The zero-order valence-corrected chi connectivity index (χ0v) is 11.5. The first-order valence-corrected chi connectivity index (χ1v) is 6.26. The van der Waals surface area contributed by atoms with E-state index >= 15 is 0 Å². The normalized spacial score (nSPS) is 10.2. The van der Waals surface area contributed by atoms with E-state index in [9.17, 15) is 18.4 Å². The molecule has 1 rings (SSSR count). The summed E-state index contributed by atoms with van der Waals surface area (Å²) in [5.41, 5.74) is 0.534. The van der Waals surface area contributed by atoms with Gasteiger partial charge in [0, 0.05) is 13.0 Å². The molecular formula is C14H17F2NO3. The van der Waals surface area contributed by atoms with Crippen LogP contribution in [-0.4, -0.2) is 37.0 Å². The van der Waals surface area contributed by atoms with Crippen LogP contribution in [0.5, 0.6) is 0 Å². The summed E-state index contributed by atoms with van der Waals surface area (Å²) in [6.07, 6.45) is 0.406. The molecule has 110 valence electrons. The number of carbonyl (C=O) groups is 2. The van der Waals surface area contributed by atoms with E-state index in [1.165, 1.54) is 18.1 Å². The highest BCUT2D eigenvalue weighted by atomic mass is 19.2. The van der Waals surface area contributed by atoms with Gasteiger partial charge in [0.25, 0.3) is 0 Å². The monoisotopic (exact) mass is 285 g/mol. The van der Waals surface area contributed by atoms with E-state index in [-0.39, 0.29) is 25.3 Å². The van der Waals surface area contributed by atoms with Crippen LogP contribution in [-0.2, 0) is 20.7 Å². The predicted molar refractivity (Wildman–Crippen MR) is 68.9 cm³/mol. The van der Waals surface area contributed by atoms with Gasteiger partial charge in [-0.15, -0.1) is 0 Å². The summed E-state index contributed by atoms with van der Waals surface area (Å²) < 4.78 is 30.3. The standard InChI is InChI=1S/C14H17F2NO3/c1-3-17(9-14(19)20-2)13(18)7-5-10-4-6-11(15)12(16)8-10/h4,6,8H,3,5,7,9H2,1-2H3. The number of rotatable bonds is 6. The van der Waals surface area contributed by atoms with Crippen LogP contribution >= 0.6 is 0 Å². The number of esters is 1. The molecule has 0 heterocycles. The lowest BCUT2D eigenvalue weighted by atomic mass is 10.1. The molecule has 0 aliphatic rings. The van der Waals surface area contributed by atoms with E-state index in [4.69, 9.17) is 0 Å². The number of hydrogen-bond donors (Lipinski definition) is 0. The first-order chi connectivity index (χ1) is 9.47. The van der Waals surface area contributed by atoms with E-state index in [0.29, 0.717) is 12.1 Å². The van der Waals surface area contributed by atoms with Crippen molar-refractivity contribution in [2.24, 2.45) is 0 Å². The zero-order chi connectivity index (χ0) is 15.1. The van der Waals surface area contributed by atoms with Gasteiger partial charge >= 0.3 is 5.97 Å². The molecule has 1 aromatic rings. The molecule has 0 spiro atoms. The Bertz CT molecular complexity index is 491. The third kappa shape index (κ3) is 4.60. The van der Waals surface area contributed by atoms with E-state index in [1.807, 2.05) is 0 Å². The third-order valence-electron chi connectivity index (χ3n) is 2.89. The lowest BCUT2D eigenvalue weighted by molar-refractivity contribution is -0.146. The average molecular weight is 285 g/mol. The van der Waals surface area contributed by atoms with Gasteiger partial charge < -0.3 is 9.64 Å². The van der Waals surface area contributed by atoms with Gasteiger partial charge in [0.1, 0.15) is 6.54 Å². The Morgan fingerprint density at radius 3 is 2.50 bits per heavy atom. The van der Waals surface area contributed by atoms with Gasteiger partial charge in [0.05, 0.1) is 7.11 Å². The molecule has 4 nitrogen and oxygen atoms in total. The van der Waals surface area contributed by atoms with Crippen LogP contribution < -0.4 is 0 Å². The van der Waals surface area contributed by atoms with E-state index in [2.05, 4.69) is 4.74 Å². The van der Waals surface area contributed by atoms with Crippen molar-refractivity contribution < 1.29 is 23.1 Å². The summed E-state index contributed by atoms with van der Waals surface area (Å²) in [4.78, 5) is 24.4. The second-order valence-electron chi connectivity index (χ2n) is 4.23. The molecule has 0 unspecified atom stereocenters. The highest BCUT2D eigenvalue weighted by Gasteiger charge is 2.15. The molecule has 0 saturated heterocycles. The van der Waals surface area contributed by atoms with E-state index in [1.54, 1.807) is 6.92 Å². The molecular weight excluding hydrogens is 268 g/mol. The summed E-state index contributed by atoms with van der Waals surface area (Å²) >= 11 is 0. The number of methoxy groups -OCH3 is 1. The maximum atomic E-state index is 13.0. The van der Waals surface area contributed by atoms with Crippen LogP contribution in [0.2, 0.25) is 0 Å². The summed E-state index contributed by atoms with van der Waals surface area (Å²) in [6.45, 7) is 2.02. The predicted octanol–water partition coefficient (Wildman–Crippen LogP) is 1.92. The van der Waals surface area contributed by atoms with Crippen molar-refractivity contribution in [1.82, 2.24) is 4.90 Å². The number of aryl methyl sites for hydroxylation is 1. The minimum Gasteiger partial charge on any atom is -0.468 e. The van der Waals surface area contributed by atoms with Crippen molar-refractivity contribution in [1.29, 1.82) is 0 Å². The summed E-state index contributed by atoms with van der Waals surface area (Å²) in [7, 11) is 1.25. The van der Waals surface area contributed by atoms with Crippen molar-refractivity contribution in [2.75, 3.05) is 20.2 Å². The number of benzene rings is 1. The number of amides is 1. The molecule has 0 saturated carbocycles. The van der Waals surface area contributed by atoms with Crippen molar-refractivity contribution in [3.8, 4) is 0 Å². The summed E-state index contributed by atoms with van der Waals surface area (Å²) in [5.74, 6) is -2.58. The second kappa shape index (κ2) is 7.57. The maximum Gasteiger partial charge on any atom is 0.325 e. The lowest BCUT2D eigenvalue weighted by Crippen LogP contribution is -2.36. The van der Waals surface area contributed by atoms with Crippen LogP contribution in [0.25, 0.3) is 0 Å². The number of ether oxygens (including phenoxy) is 1. The van der Waals surface area contributed by atoms with Crippen molar-refractivity contribution in [3.63, 3.8) is 0 Å². The highest BCUT2D eigenvalue weighted by molar-refractivity contribution is 5.82. The number of hydrogen-bond acceptors (Lipinski definition) is 3. The molecule has 0 radical (unpaired) electrons. The van der Waals surface area contributed by atoms with Crippen molar-refractivity contribution in [2.45, 2.75) is 19.8 Å². The maximum absolute atomic E-state index is 13.0. The zero-order valence-electron chi connectivity index (χ0n) is 11.5. The largest absolute Gasteiger partial charge is 0.468 e. The molecule has 20 heavy (non-hydrogen) atoms. The van der Waals surface area contributed by atoms with E-state index in [0.717, 1.165) is 12.1 Å². The van der Waals surface area contributed by atoms with Crippen LogP contribution in [0.15, 0.2) is 18.2 Å². The fourth-order valence-corrected chi connectivity index (χ4v) is 1.70. The van der Waals surface area contributed by atoms with Crippen molar-refractivity contribution in [3.05, 3.63) is 35.4 Å². The Labute approximate surface area is 116 Å². The van der Waals surface area contributed by atoms with Gasteiger partial charge in [-0.1, -0.05) is 6.07 Å². The van der Waals surface area contributed by atoms with Gasteiger partial charge in [-0.2, -0.15) is 0 Å². The number of likely N-dealkylation sites (N-methyl/N-ethyl adjacent to an activating group) is 1. The fraction of sp³-hybridized carbons (Fsp3) is 0.429. The third-order valence-corrected chi connectivity index (χ3v) is 2.89. The molecule has 6 heteroatoms. The number of halogens is 2. The molecule has 0 fully saturated rings. The summed E-state index contributed by atoms with van der Waals surface area (Å²) in [5, 5.41) is 0. The van der Waals surface area contributed by atoms with Gasteiger partial charge in [0.2, 0.25) is 5.91 Å². The Kier molecular flexibility index (Phi) is 6.09. The topological polar surface area (TPSA) is 46.6 Å². The molecule has 1 amide bonds. The van der Waals surface area contributed by atoms with Crippen LogP contribution in [0, 0.1) is 11.6 Å². The molecule has 0 aliphatic heterocycles. The first-order valence-electron chi connectivity index (χ1n) is 6.26. The molecule has 1 aromatic carbocycles. The van der Waals surface area contributed by atoms with Crippen LogP contribution in [0.1, 0.15) is 18.9 Å². The average Bonchev–Trinajstić information content (AvgIpc) is 2.45. The SMILES string of the molecule is CCN(CC(=O)OC)C(=O)CCc1ccc(F)c(F)c1. The molecule has 0 atom stereocenters. The smallest absolute Gasteiger partial charge is 0.325 e. The molecule has 0 bridgehead atoms. The minimum absolute atomic E-state index is 0.108. The first kappa shape index (κ1) is 16.1. The molecule has 0 aromatic heterocycles. The van der Waals surface area contributed by atoms with Crippen LogP contribution in [0.3, 0.4) is 0 Å². The number of nitrogens with zero attached hydrogens (tertiary/aromatic N) is 1. The second-order valence-corrected chi connectivity index (χ2v) is 4.23. The summed E-state index contributed by atoms with van der Waals surface area (Å²) in [6, 6.07) is 3.53. The fourth-order valence-electron chi connectivity index (χ4n) is 1.70. The van der Waals surface area contributed by atoms with Gasteiger partial charge in [-0.3, -0.25) is 9.59 Å². The number of carbonyl (C=O) groups excluding carboxylic acids is 2. The Morgan fingerprint density at radius 1 is 1.25 bits per heavy atom. The molecule has 0 aliphatic carbocycles.